The maximum Gasteiger partial charge on any atom is 0.262 e. The predicted molar refractivity (Wildman–Crippen MR) is 118 cm³/mol. The molecule has 0 bridgehead atoms. The first-order chi connectivity index (χ1) is 14.1. The Labute approximate surface area is 177 Å². The normalized spacial score (nSPS) is 17.2. The first kappa shape index (κ1) is 20.0. The largest absolute Gasteiger partial charge is 0.482 e. The molecule has 1 heterocycles. The molecule has 1 saturated heterocycles. The molecular formula is C23H28ClN3O2. The summed E-state index contributed by atoms with van der Waals surface area (Å²) in [5.74, 6) is 1.27. The van der Waals surface area contributed by atoms with Crippen LogP contribution in [-0.4, -0.2) is 50.1 Å². The zero-order chi connectivity index (χ0) is 20.2. The molecule has 1 aliphatic carbocycles. The summed E-state index contributed by atoms with van der Waals surface area (Å²) in [7, 11) is 0. The minimum absolute atomic E-state index is 0.0761. The highest BCUT2D eigenvalue weighted by atomic mass is 35.5. The number of carbonyl (C=O) groups is 1. The lowest BCUT2D eigenvalue weighted by molar-refractivity contribution is -0.118. The van der Waals surface area contributed by atoms with Crippen molar-refractivity contribution in [3.63, 3.8) is 0 Å². The molecule has 0 spiro atoms. The van der Waals surface area contributed by atoms with E-state index in [1.165, 1.54) is 19.4 Å². The number of piperazine rings is 1. The van der Waals surface area contributed by atoms with E-state index in [2.05, 4.69) is 21.2 Å². The quantitative estimate of drug-likeness (QED) is 0.738. The summed E-state index contributed by atoms with van der Waals surface area (Å²) in [5.41, 5.74) is 2.97. The average molecular weight is 414 g/mol. The van der Waals surface area contributed by atoms with Gasteiger partial charge in [0.1, 0.15) is 5.75 Å². The first-order valence-electron chi connectivity index (χ1n) is 10.3. The van der Waals surface area contributed by atoms with Gasteiger partial charge >= 0.3 is 0 Å². The van der Waals surface area contributed by atoms with Crippen molar-refractivity contribution in [2.75, 3.05) is 49.5 Å². The Morgan fingerprint density at radius 3 is 2.69 bits per heavy atom. The molecule has 2 fully saturated rings. The van der Waals surface area contributed by atoms with E-state index >= 15 is 0 Å². The first-order valence-corrected chi connectivity index (χ1v) is 10.7. The molecule has 154 valence electrons. The lowest BCUT2D eigenvalue weighted by Crippen LogP contribution is -2.47. The number of nitrogens with one attached hydrogen (secondary N) is 1. The highest BCUT2D eigenvalue weighted by molar-refractivity contribution is 6.32. The Kier molecular flexibility index (Phi) is 6.26. The molecule has 1 aliphatic heterocycles. The zero-order valence-corrected chi connectivity index (χ0v) is 17.6. The van der Waals surface area contributed by atoms with Crippen LogP contribution in [0.4, 0.5) is 11.4 Å². The number of halogens is 1. The standard InChI is InChI=1S/C23H28ClN3O2/c1-17-5-8-21(24)22(13-17)29-16-23(28)25-19-3-2-4-20(14-19)27-11-9-26(10-12-27)15-18-6-7-18/h2-5,8,13-14,18H,6-7,9-12,15-16H2,1H3,(H,25,28). The van der Waals surface area contributed by atoms with Crippen LogP contribution in [0.5, 0.6) is 5.75 Å². The van der Waals surface area contributed by atoms with E-state index in [-0.39, 0.29) is 12.5 Å². The fourth-order valence-electron chi connectivity index (χ4n) is 3.70. The van der Waals surface area contributed by atoms with Gasteiger partial charge in [-0.1, -0.05) is 23.7 Å². The number of carbonyl (C=O) groups excluding carboxylic acids is 1. The minimum atomic E-state index is -0.200. The van der Waals surface area contributed by atoms with Crippen LogP contribution in [0.3, 0.4) is 0 Å². The predicted octanol–water partition coefficient (Wildman–Crippen LogP) is 4.20. The van der Waals surface area contributed by atoms with Crippen LogP contribution in [-0.2, 0) is 4.79 Å². The fourth-order valence-corrected chi connectivity index (χ4v) is 3.87. The topological polar surface area (TPSA) is 44.8 Å². The Bertz CT molecular complexity index is 861. The smallest absolute Gasteiger partial charge is 0.262 e. The SMILES string of the molecule is Cc1ccc(Cl)c(OCC(=O)Nc2cccc(N3CCN(CC4CC4)CC3)c2)c1. The maximum atomic E-state index is 12.3. The van der Waals surface area contributed by atoms with Gasteiger partial charge in [-0.2, -0.15) is 0 Å². The lowest BCUT2D eigenvalue weighted by Gasteiger charge is -2.36. The number of nitrogens with zero attached hydrogens (tertiary/aromatic N) is 2. The van der Waals surface area contributed by atoms with E-state index in [4.69, 9.17) is 16.3 Å². The highest BCUT2D eigenvalue weighted by Gasteiger charge is 2.26. The van der Waals surface area contributed by atoms with Gasteiger partial charge in [0, 0.05) is 44.1 Å². The lowest BCUT2D eigenvalue weighted by atomic mass is 10.2. The summed E-state index contributed by atoms with van der Waals surface area (Å²) < 4.78 is 5.59. The van der Waals surface area contributed by atoms with Crippen molar-refractivity contribution in [2.45, 2.75) is 19.8 Å². The molecular weight excluding hydrogens is 386 g/mol. The Morgan fingerprint density at radius 2 is 1.93 bits per heavy atom. The molecule has 4 rings (SSSR count). The van der Waals surface area contributed by atoms with Gasteiger partial charge in [0.05, 0.1) is 5.02 Å². The summed E-state index contributed by atoms with van der Waals surface area (Å²) in [5, 5.41) is 3.43. The van der Waals surface area contributed by atoms with Crippen molar-refractivity contribution in [2.24, 2.45) is 5.92 Å². The Hall–Kier alpha value is -2.24. The van der Waals surface area contributed by atoms with E-state index in [1.54, 1.807) is 6.07 Å². The van der Waals surface area contributed by atoms with Gasteiger partial charge in [0.2, 0.25) is 0 Å². The van der Waals surface area contributed by atoms with Gasteiger partial charge in [0.15, 0.2) is 6.61 Å². The van der Waals surface area contributed by atoms with Gasteiger partial charge < -0.3 is 15.0 Å². The Morgan fingerprint density at radius 1 is 1.14 bits per heavy atom. The number of benzene rings is 2. The summed E-state index contributed by atoms with van der Waals surface area (Å²) in [4.78, 5) is 17.3. The van der Waals surface area contributed by atoms with E-state index in [1.807, 2.05) is 37.3 Å². The minimum Gasteiger partial charge on any atom is -0.482 e. The third kappa shape index (κ3) is 5.64. The van der Waals surface area contributed by atoms with Crippen molar-refractivity contribution in [1.82, 2.24) is 4.90 Å². The van der Waals surface area contributed by atoms with Gasteiger partial charge in [-0.15, -0.1) is 0 Å². The molecule has 29 heavy (non-hydrogen) atoms. The Balaban J connectivity index is 1.29. The molecule has 1 N–H and O–H groups in total. The number of amides is 1. The molecule has 0 atom stereocenters. The maximum absolute atomic E-state index is 12.3. The summed E-state index contributed by atoms with van der Waals surface area (Å²) in [6.07, 6.45) is 2.81. The second kappa shape index (κ2) is 9.06. The van der Waals surface area contributed by atoms with Crippen LogP contribution in [0.1, 0.15) is 18.4 Å². The van der Waals surface area contributed by atoms with Crippen LogP contribution in [0.15, 0.2) is 42.5 Å². The third-order valence-electron chi connectivity index (χ3n) is 5.53. The van der Waals surface area contributed by atoms with Crippen molar-refractivity contribution >= 4 is 28.9 Å². The number of rotatable bonds is 7. The molecule has 0 radical (unpaired) electrons. The van der Waals surface area contributed by atoms with Crippen molar-refractivity contribution in [3.8, 4) is 5.75 Å². The van der Waals surface area contributed by atoms with Gasteiger partial charge in [-0.05, 0) is 61.6 Å². The van der Waals surface area contributed by atoms with Crippen molar-refractivity contribution < 1.29 is 9.53 Å². The number of hydrogen-bond acceptors (Lipinski definition) is 4. The van der Waals surface area contributed by atoms with Gasteiger partial charge in [-0.3, -0.25) is 9.69 Å². The summed E-state index contributed by atoms with van der Waals surface area (Å²) >= 11 is 6.12. The molecule has 1 amide bonds. The van der Waals surface area contributed by atoms with Gasteiger partial charge in [0.25, 0.3) is 5.91 Å². The second-order valence-electron chi connectivity index (χ2n) is 8.05. The van der Waals surface area contributed by atoms with Crippen LogP contribution < -0.4 is 15.0 Å². The molecule has 2 aromatic rings. The van der Waals surface area contributed by atoms with Crippen molar-refractivity contribution in [1.29, 1.82) is 0 Å². The average Bonchev–Trinajstić information content (AvgIpc) is 3.53. The molecule has 0 unspecified atom stereocenters. The number of aryl methyl sites for hydroxylation is 1. The molecule has 2 aromatic carbocycles. The molecule has 0 aromatic heterocycles. The summed E-state index contributed by atoms with van der Waals surface area (Å²) in [6, 6.07) is 13.6. The van der Waals surface area contributed by atoms with Crippen LogP contribution >= 0.6 is 11.6 Å². The molecule has 5 nitrogen and oxygen atoms in total. The molecule has 1 saturated carbocycles. The highest BCUT2D eigenvalue weighted by Crippen LogP contribution is 2.30. The van der Waals surface area contributed by atoms with Crippen molar-refractivity contribution in [3.05, 3.63) is 53.1 Å². The van der Waals surface area contributed by atoms with E-state index in [0.717, 1.165) is 49.0 Å². The number of hydrogen-bond donors (Lipinski definition) is 1. The molecule has 6 heteroatoms. The second-order valence-corrected chi connectivity index (χ2v) is 8.46. The van der Waals surface area contributed by atoms with Crippen LogP contribution in [0, 0.1) is 12.8 Å². The van der Waals surface area contributed by atoms with E-state index in [9.17, 15) is 4.79 Å². The molecule has 2 aliphatic rings. The monoisotopic (exact) mass is 413 g/mol. The zero-order valence-electron chi connectivity index (χ0n) is 16.9. The van der Waals surface area contributed by atoms with E-state index < -0.39 is 0 Å². The van der Waals surface area contributed by atoms with E-state index in [0.29, 0.717) is 10.8 Å². The van der Waals surface area contributed by atoms with Gasteiger partial charge in [-0.25, -0.2) is 0 Å². The number of anilines is 2. The number of ether oxygens (including phenoxy) is 1. The fraction of sp³-hybridized carbons (Fsp3) is 0.435. The third-order valence-corrected chi connectivity index (χ3v) is 5.84. The van der Waals surface area contributed by atoms with Crippen LogP contribution in [0.25, 0.3) is 0 Å². The summed E-state index contributed by atoms with van der Waals surface area (Å²) in [6.45, 7) is 7.41. The van der Waals surface area contributed by atoms with Crippen LogP contribution in [0.2, 0.25) is 5.02 Å².